The summed E-state index contributed by atoms with van der Waals surface area (Å²) in [6.45, 7) is 0. The number of rotatable bonds is 3. The first-order valence-corrected chi connectivity index (χ1v) is 6.37. The van der Waals surface area contributed by atoms with Crippen LogP contribution in [-0.2, 0) is 4.79 Å². The van der Waals surface area contributed by atoms with Gasteiger partial charge in [-0.3, -0.25) is 4.79 Å². The van der Waals surface area contributed by atoms with Crippen LogP contribution in [0.1, 0.15) is 38.5 Å². The van der Waals surface area contributed by atoms with E-state index in [9.17, 15) is 4.79 Å². The van der Waals surface area contributed by atoms with Gasteiger partial charge in [-0.15, -0.1) is 0 Å². The maximum atomic E-state index is 12.0. The largest absolute Gasteiger partial charge is 0.396 e. The molecule has 0 unspecified atom stereocenters. The van der Waals surface area contributed by atoms with Crippen molar-refractivity contribution in [3.8, 4) is 0 Å². The van der Waals surface area contributed by atoms with Crippen molar-refractivity contribution in [2.24, 2.45) is 5.73 Å². The lowest BCUT2D eigenvalue weighted by molar-refractivity contribution is -0.115. The van der Waals surface area contributed by atoms with E-state index in [4.69, 9.17) is 18.0 Å². The summed E-state index contributed by atoms with van der Waals surface area (Å²) in [4.78, 5) is 12.2. The molecule has 0 amide bonds. The molecule has 0 heterocycles. The Morgan fingerprint density at radius 2 is 1.94 bits per heavy atom. The lowest BCUT2D eigenvalue weighted by Gasteiger charge is -2.13. The van der Waals surface area contributed by atoms with Crippen LogP contribution in [0.3, 0.4) is 0 Å². The Morgan fingerprint density at radius 3 is 2.50 bits per heavy atom. The van der Waals surface area contributed by atoms with E-state index in [1.54, 1.807) is 0 Å². The van der Waals surface area contributed by atoms with E-state index in [0.717, 1.165) is 37.8 Å². The summed E-state index contributed by atoms with van der Waals surface area (Å²) >= 11 is 4.99. The summed E-state index contributed by atoms with van der Waals surface area (Å²) in [7, 11) is 2.02. The van der Waals surface area contributed by atoms with Crippen LogP contribution in [0.15, 0.2) is 11.3 Å². The van der Waals surface area contributed by atoms with Crippen molar-refractivity contribution in [2.45, 2.75) is 38.5 Å². The van der Waals surface area contributed by atoms with E-state index >= 15 is 0 Å². The van der Waals surface area contributed by atoms with Crippen LogP contribution in [0.4, 0.5) is 0 Å². The number of carbonyl (C=O) groups excluding carboxylic acids is 1. The minimum atomic E-state index is 0.102. The number of nitrogens with one attached hydrogen (secondary N) is 1. The van der Waals surface area contributed by atoms with Gasteiger partial charge in [-0.25, -0.2) is 0 Å². The number of nitrogens with two attached hydrogens (primary N) is 1. The van der Waals surface area contributed by atoms with Crippen LogP contribution in [0.25, 0.3) is 0 Å². The maximum absolute atomic E-state index is 12.0. The zero-order valence-corrected chi connectivity index (χ0v) is 10.7. The topological polar surface area (TPSA) is 55.1 Å². The third-order valence-corrected chi connectivity index (χ3v) is 3.00. The minimum absolute atomic E-state index is 0.102. The SMILES string of the molecule is BCN/C1=C(\C(N)=S)C(=O)CCCCCC1. The summed E-state index contributed by atoms with van der Waals surface area (Å²) in [5.41, 5.74) is 7.18. The number of carbonyl (C=O) groups is 1. The Labute approximate surface area is 103 Å². The highest BCUT2D eigenvalue weighted by Gasteiger charge is 2.18. The molecule has 5 heteroatoms. The molecular formula is C11H19BN2OS. The second kappa shape index (κ2) is 6.68. The van der Waals surface area contributed by atoms with E-state index in [1.807, 2.05) is 7.85 Å². The summed E-state index contributed by atoms with van der Waals surface area (Å²) in [6.07, 6.45) is 6.59. The molecular weight excluding hydrogens is 219 g/mol. The normalized spacial score (nSPS) is 23.1. The van der Waals surface area contributed by atoms with Crippen LogP contribution in [-0.4, -0.2) is 25.1 Å². The Hall–Kier alpha value is -0.835. The molecule has 1 rings (SSSR count). The molecule has 3 N–H and O–H groups in total. The van der Waals surface area contributed by atoms with E-state index in [1.165, 1.54) is 6.42 Å². The molecule has 0 saturated carbocycles. The summed E-state index contributed by atoms with van der Waals surface area (Å²) < 4.78 is 0. The van der Waals surface area contributed by atoms with Crippen LogP contribution in [0.5, 0.6) is 0 Å². The van der Waals surface area contributed by atoms with Gasteiger partial charge in [-0.2, -0.15) is 0 Å². The number of Topliss-reactive ketones (excluding diaryl/α,β-unsaturated/α-hetero) is 1. The Balaban J connectivity index is 2.99. The van der Waals surface area contributed by atoms with Gasteiger partial charge in [0.2, 0.25) is 0 Å². The van der Waals surface area contributed by atoms with Gasteiger partial charge in [0.15, 0.2) is 5.78 Å². The third kappa shape index (κ3) is 3.63. The van der Waals surface area contributed by atoms with Crippen LogP contribution in [0.2, 0.25) is 0 Å². The van der Waals surface area contributed by atoms with Crippen molar-refractivity contribution in [3.63, 3.8) is 0 Å². The number of hydrogen-bond acceptors (Lipinski definition) is 3. The summed E-state index contributed by atoms with van der Waals surface area (Å²) in [5, 5.41) is 3.23. The predicted molar refractivity (Wildman–Crippen MR) is 73.1 cm³/mol. The molecule has 16 heavy (non-hydrogen) atoms. The van der Waals surface area contributed by atoms with Crippen molar-refractivity contribution < 1.29 is 4.79 Å². The average Bonchev–Trinajstić information content (AvgIpc) is 2.29. The Morgan fingerprint density at radius 1 is 1.31 bits per heavy atom. The average molecular weight is 238 g/mol. The molecule has 0 aliphatic heterocycles. The Kier molecular flexibility index (Phi) is 5.53. The van der Waals surface area contributed by atoms with E-state index < -0.39 is 0 Å². The lowest BCUT2D eigenvalue weighted by Crippen LogP contribution is -2.26. The van der Waals surface area contributed by atoms with Gasteiger partial charge in [-0.05, 0) is 25.7 Å². The van der Waals surface area contributed by atoms with Crippen molar-refractivity contribution in [1.82, 2.24) is 5.32 Å². The molecule has 0 fully saturated rings. The van der Waals surface area contributed by atoms with Gasteiger partial charge < -0.3 is 11.1 Å². The zero-order chi connectivity index (χ0) is 12.0. The molecule has 0 aromatic heterocycles. The van der Waals surface area contributed by atoms with Crippen LogP contribution < -0.4 is 11.1 Å². The third-order valence-electron chi connectivity index (χ3n) is 2.80. The van der Waals surface area contributed by atoms with E-state index in [-0.39, 0.29) is 10.8 Å². The first-order valence-electron chi connectivity index (χ1n) is 5.96. The molecule has 0 atom stereocenters. The number of hydrogen-bond donors (Lipinski definition) is 2. The van der Waals surface area contributed by atoms with E-state index in [2.05, 4.69) is 5.32 Å². The second-order valence-electron chi connectivity index (χ2n) is 4.09. The quantitative estimate of drug-likeness (QED) is 0.559. The Bertz CT molecular complexity index is 315. The molecule has 0 radical (unpaired) electrons. The van der Waals surface area contributed by atoms with E-state index in [0.29, 0.717) is 12.0 Å². The van der Waals surface area contributed by atoms with Crippen molar-refractivity contribution in [2.75, 3.05) is 6.44 Å². The van der Waals surface area contributed by atoms with Gasteiger partial charge in [0.05, 0.1) is 5.57 Å². The second-order valence-corrected chi connectivity index (χ2v) is 4.53. The van der Waals surface area contributed by atoms with Crippen LogP contribution in [0, 0.1) is 0 Å². The monoisotopic (exact) mass is 238 g/mol. The van der Waals surface area contributed by atoms with Crippen molar-refractivity contribution >= 4 is 30.8 Å². The molecule has 0 bridgehead atoms. The highest BCUT2D eigenvalue weighted by Crippen LogP contribution is 2.19. The van der Waals surface area contributed by atoms with Gasteiger partial charge in [0.1, 0.15) is 12.8 Å². The first-order chi connectivity index (χ1) is 7.66. The lowest BCUT2D eigenvalue weighted by atomic mass is 10.0. The standard InChI is InChI=1S/C11H19BN2OS/c12-7-14-8-5-3-1-2-4-6-9(15)10(8)11(13)16/h14H,1-7,12H2,(H2,13,16)/b10-8-. The summed E-state index contributed by atoms with van der Waals surface area (Å²) in [6, 6.07) is 0. The predicted octanol–water partition coefficient (Wildman–Crippen LogP) is 0.630. The molecule has 0 aromatic rings. The molecule has 0 spiro atoms. The number of ketones is 1. The minimum Gasteiger partial charge on any atom is -0.396 e. The molecule has 0 aromatic carbocycles. The van der Waals surface area contributed by atoms with Gasteiger partial charge in [-0.1, -0.05) is 25.1 Å². The fraction of sp³-hybridized carbons (Fsp3) is 0.636. The smallest absolute Gasteiger partial charge is 0.167 e. The van der Waals surface area contributed by atoms with Gasteiger partial charge >= 0.3 is 0 Å². The van der Waals surface area contributed by atoms with Crippen LogP contribution >= 0.6 is 12.2 Å². The van der Waals surface area contributed by atoms with Gasteiger partial charge in [0, 0.05) is 12.1 Å². The number of thiocarbonyl (C=S) groups is 1. The fourth-order valence-corrected chi connectivity index (χ4v) is 2.27. The van der Waals surface area contributed by atoms with Crippen molar-refractivity contribution in [1.29, 1.82) is 0 Å². The van der Waals surface area contributed by atoms with Crippen molar-refractivity contribution in [3.05, 3.63) is 11.3 Å². The fourth-order valence-electron chi connectivity index (χ4n) is 2.04. The first kappa shape index (κ1) is 13.2. The molecule has 3 nitrogen and oxygen atoms in total. The maximum Gasteiger partial charge on any atom is 0.167 e. The summed E-state index contributed by atoms with van der Waals surface area (Å²) in [5.74, 6) is 0.102. The molecule has 1 aliphatic rings. The highest BCUT2D eigenvalue weighted by atomic mass is 32.1. The highest BCUT2D eigenvalue weighted by molar-refractivity contribution is 7.80. The van der Waals surface area contributed by atoms with Gasteiger partial charge in [0.25, 0.3) is 0 Å². The molecule has 88 valence electrons. The number of allylic oxidation sites excluding steroid dienone is 1. The zero-order valence-electron chi connectivity index (χ0n) is 9.84. The molecule has 0 saturated heterocycles. The molecule has 1 aliphatic carbocycles.